The minimum Gasteiger partial charge on any atom is -0.389 e. The molecule has 1 aromatic carbocycles. The molecule has 0 radical (unpaired) electrons. The quantitative estimate of drug-likeness (QED) is 0.839. The van der Waals surface area contributed by atoms with E-state index in [-0.39, 0.29) is 11.7 Å². The molecular formula is C12H16FNO2S. The maximum Gasteiger partial charge on any atom is 0.232 e. The van der Waals surface area contributed by atoms with Crippen molar-refractivity contribution in [1.29, 1.82) is 0 Å². The van der Waals surface area contributed by atoms with Crippen molar-refractivity contribution < 1.29 is 14.3 Å². The number of benzene rings is 1. The Labute approximate surface area is 105 Å². The molecule has 0 aliphatic carbocycles. The van der Waals surface area contributed by atoms with Crippen molar-refractivity contribution in [2.75, 3.05) is 19.8 Å². The first kappa shape index (κ1) is 14.0. The van der Waals surface area contributed by atoms with Crippen LogP contribution in [-0.2, 0) is 4.79 Å². The molecular weight excluding hydrogens is 241 g/mol. The SMILES string of the molecule is CC(O)c1cccc(F)c1SCC(=O)N(C)C. The standard InChI is InChI=1S/C12H16FNO2S/c1-8(15)9-5-4-6-10(13)12(9)17-7-11(16)14(2)3/h4-6,8,15H,7H2,1-3H3. The van der Waals surface area contributed by atoms with Gasteiger partial charge in [-0.05, 0) is 18.6 Å². The monoisotopic (exact) mass is 257 g/mol. The molecule has 0 spiro atoms. The van der Waals surface area contributed by atoms with Gasteiger partial charge in [-0.1, -0.05) is 12.1 Å². The number of carbonyl (C=O) groups is 1. The summed E-state index contributed by atoms with van der Waals surface area (Å²) in [7, 11) is 3.31. The van der Waals surface area contributed by atoms with E-state index in [1.54, 1.807) is 33.2 Å². The Kier molecular flexibility index (Phi) is 4.96. The minimum absolute atomic E-state index is 0.0882. The predicted molar refractivity (Wildman–Crippen MR) is 66.5 cm³/mol. The van der Waals surface area contributed by atoms with E-state index in [2.05, 4.69) is 0 Å². The number of halogens is 1. The highest BCUT2D eigenvalue weighted by Gasteiger charge is 2.14. The van der Waals surface area contributed by atoms with Crippen molar-refractivity contribution in [3.05, 3.63) is 29.6 Å². The Morgan fingerprint density at radius 3 is 2.71 bits per heavy atom. The van der Waals surface area contributed by atoms with Gasteiger partial charge in [0.25, 0.3) is 0 Å². The van der Waals surface area contributed by atoms with Gasteiger partial charge in [0.2, 0.25) is 5.91 Å². The summed E-state index contributed by atoms with van der Waals surface area (Å²) in [6.45, 7) is 1.58. The summed E-state index contributed by atoms with van der Waals surface area (Å²) in [6.07, 6.45) is -0.748. The summed E-state index contributed by atoms with van der Waals surface area (Å²) < 4.78 is 13.6. The summed E-state index contributed by atoms with van der Waals surface area (Å²) in [6, 6.07) is 4.54. The lowest BCUT2D eigenvalue weighted by atomic mass is 10.1. The maximum absolute atomic E-state index is 13.6. The van der Waals surface area contributed by atoms with Crippen molar-refractivity contribution in [3.8, 4) is 0 Å². The predicted octanol–water partition coefficient (Wildman–Crippen LogP) is 2.06. The van der Waals surface area contributed by atoms with E-state index in [0.29, 0.717) is 10.5 Å². The number of carbonyl (C=O) groups excluding carboxylic acids is 1. The second-order valence-corrected chi connectivity index (χ2v) is 4.90. The molecule has 0 saturated heterocycles. The molecule has 17 heavy (non-hydrogen) atoms. The van der Waals surface area contributed by atoms with Crippen LogP contribution >= 0.6 is 11.8 Å². The molecule has 0 saturated carbocycles. The highest BCUT2D eigenvalue weighted by atomic mass is 32.2. The largest absolute Gasteiger partial charge is 0.389 e. The molecule has 94 valence electrons. The van der Waals surface area contributed by atoms with E-state index in [0.717, 1.165) is 11.8 Å². The zero-order valence-electron chi connectivity index (χ0n) is 10.1. The molecule has 1 atom stereocenters. The first-order chi connectivity index (χ1) is 7.93. The Bertz CT molecular complexity index is 407. The van der Waals surface area contributed by atoms with Crippen LogP contribution in [0.25, 0.3) is 0 Å². The van der Waals surface area contributed by atoms with Gasteiger partial charge in [-0.2, -0.15) is 0 Å². The van der Waals surface area contributed by atoms with E-state index >= 15 is 0 Å². The fourth-order valence-corrected chi connectivity index (χ4v) is 2.41. The van der Waals surface area contributed by atoms with Crippen molar-refractivity contribution in [1.82, 2.24) is 4.90 Å². The normalized spacial score (nSPS) is 12.3. The van der Waals surface area contributed by atoms with Crippen molar-refractivity contribution in [3.63, 3.8) is 0 Å². The molecule has 0 fully saturated rings. The molecule has 1 unspecified atom stereocenters. The van der Waals surface area contributed by atoms with Gasteiger partial charge in [0.1, 0.15) is 5.82 Å². The number of amides is 1. The molecule has 1 rings (SSSR count). The van der Waals surface area contributed by atoms with Gasteiger partial charge in [-0.3, -0.25) is 4.79 Å². The number of aliphatic hydroxyl groups is 1. The summed E-state index contributed by atoms with van der Waals surface area (Å²) in [5, 5.41) is 9.53. The Hall–Kier alpha value is -1.07. The summed E-state index contributed by atoms with van der Waals surface area (Å²) in [5.74, 6) is -0.331. The van der Waals surface area contributed by atoms with Gasteiger partial charge in [-0.25, -0.2) is 4.39 Å². The third-order valence-electron chi connectivity index (χ3n) is 2.29. The van der Waals surface area contributed by atoms with Gasteiger partial charge < -0.3 is 10.0 Å². The molecule has 0 bridgehead atoms. The van der Waals surface area contributed by atoms with Crippen LogP contribution in [0.3, 0.4) is 0 Å². The van der Waals surface area contributed by atoms with Crippen LogP contribution < -0.4 is 0 Å². The Morgan fingerprint density at radius 2 is 2.18 bits per heavy atom. The third kappa shape index (κ3) is 3.71. The van der Waals surface area contributed by atoms with Crippen LogP contribution in [0.15, 0.2) is 23.1 Å². The second-order valence-electron chi connectivity index (χ2n) is 3.91. The summed E-state index contributed by atoms with van der Waals surface area (Å²) in [5.41, 5.74) is 0.515. The first-order valence-electron chi connectivity index (χ1n) is 5.23. The van der Waals surface area contributed by atoms with E-state index < -0.39 is 11.9 Å². The minimum atomic E-state index is -0.748. The molecule has 1 N–H and O–H groups in total. The number of thioether (sulfide) groups is 1. The van der Waals surface area contributed by atoms with Gasteiger partial charge in [0.05, 0.1) is 11.9 Å². The van der Waals surface area contributed by atoms with Crippen LogP contribution in [0.4, 0.5) is 4.39 Å². The fraction of sp³-hybridized carbons (Fsp3) is 0.417. The zero-order valence-corrected chi connectivity index (χ0v) is 10.9. The highest BCUT2D eigenvalue weighted by molar-refractivity contribution is 8.00. The van der Waals surface area contributed by atoms with Crippen LogP contribution in [0.5, 0.6) is 0 Å². The molecule has 3 nitrogen and oxygen atoms in total. The van der Waals surface area contributed by atoms with Gasteiger partial charge in [0, 0.05) is 19.0 Å². The lowest BCUT2D eigenvalue weighted by Gasteiger charge is -2.14. The molecule has 0 aliphatic heterocycles. The fourth-order valence-electron chi connectivity index (χ4n) is 1.27. The van der Waals surface area contributed by atoms with Crippen LogP contribution in [0, 0.1) is 5.82 Å². The van der Waals surface area contributed by atoms with E-state index in [4.69, 9.17) is 0 Å². The molecule has 0 heterocycles. The Morgan fingerprint density at radius 1 is 1.53 bits per heavy atom. The van der Waals surface area contributed by atoms with Gasteiger partial charge >= 0.3 is 0 Å². The molecule has 1 amide bonds. The van der Waals surface area contributed by atoms with Crippen LogP contribution in [0.2, 0.25) is 0 Å². The average Bonchev–Trinajstić information content (AvgIpc) is 2.26. The maximum atomic E-state index is 13.6. The first-order valence-corrected chi connectivity index (χ1v) is 6.21. The molecule has 0 aliphatic rings. The van der Waals surface area contributed by atoms with E-state index in [9.17, 15) is 14.3 Å². The van der Waals surface area contributed by atoms with E-state index in [1.165, 1.54) is 11.0 Å². The average molecular weight is 257 g/mol. The van der Waals surface area contributed by atoms with Crippen molar-refractivity contribution >= 4 is 17.7 Å². The van der Waals surface area contributed by atoms with Crippen molar-refractivity contribution in [2.24, 2.45) is 0 Å². The number of nitrogens with zero attached hydrogens (tertiary/aromatic N) is 1. The summed E-state index contributed by atoms with van der Waals surface area (Å²) >= 11 is 1.11. The lowest BCUT2D eigenvalue weighted by Crippen LogP contribution is -2.23. The highest BCUT2D eigenvalue weighted by Crippen LogP contribution is 2.30. The topological polar surface area (TPSA) is 40.5 Å². The van der Waals surface area contributed by atoms with Crippen LogP contribution in [0.1, 0.15) is 18.6 Å². The summed E-state index contributed by atoms with van der Waals surface area (Å²) in [4.78, 5) is 13.2. The van der Waals surface area contributed by atoms with Gasteiger partial charge in [0.15, 0.2) is 0 Å². The second kappa shape index (κ2) is 6.02. The number of aliphatic hydroxyl groups excluding tert-OH is 1. The van der Waals surface area contributed by atoms with E-state index in [1.807, 2.05) is 0 Å². The third-order valence-corrected chi connectivity index (χ3v) is 3.40. The Balaban J connectivity index is 2.86. The molecule has 5 heteroatoms. The van der Waals surface area contributed by atoms with Crippen LogP contribution in [-0.4, -0.2) is 35.8 Å². The van der Waals surface area contributed by atoms with Gasteiger partial charge in [-0.15, -0.1) is 11.8 Å². The number of rotatable bonds is 4. The number of hydrogen-bond donors (Lipinski definition) is 1. The zero-order chi connectivity index (χ0) is 13.0. The smallest absolute Gasteiger partial charge is 0.232 e. The lowest BCUT2D eigenvalue weighted by molar-refractivity contribution is -0.125. The molecule has 0 aromatic heterocycles. The van der Waals surface area contributed by atoms with Crippen molar-refractivity contribution in [2.45, 2.75) is 17.9 Å². The molecule has 1 aromatic rings. The number of hydrogen-bond acceptors (Lipinski definition) is 3.